The summed E-state index contributed by atoms with van der Waals surface area (Å²) >= 11 is 1.60. The molecule has 1 atom stereocenters. The molecular weight excluding hydrogens is 535 g/mol. The lowest BCUT2D eigenvalue weighted by Crippen LogP contribution is -2.52. The first kappa shape index (κ1) is 24.6. The molecule has 1 unspecified atom stereocenters. The second kappa shape index (κ2) is 9.06. The number of carbonyl (C=O) groups excluding carboxylic acids is 2. The van der Waals surface area contributed by atoms with Crippen LogP contribution in [0.1, 0.15) is 40.5 Å². The molecule has 2 aromatic heterocycles. The molecule has 7 rings (SSSR count). The summed E-state index contributed by atoms with van der Waals surface area (Å²) in [6, 6.07) is 15.8. The largest absolute Gasteiger partial charge is 0.510 e. The van der Waals surface area contributed by atoms with Gasteiger partial charge in [-0.2, -0.15) is 0 Å². The molecule has 3 heterocycles. The van der Waals surface area contributed by atoms with E-state index in [0.29, 0.717) is 19.4 Å². The number of pyridine rings is 1. The molecule has 40 heavy (non-hydrogen) atoms. The number of thiophene rings is 1. The molecule has 8 nitrogen and oxygen atoms in total. The number of fused-ring (bicyclic) bond motifs is 6. The molecular formula is C30H23FN2O6S. The number of hydrogen-bond donors (Lipinski definition) is 0. The summed E-state index contributed by atoms with van der Waals surface area (Å²) in [5.74, 6) is -0.707. The Hall–Kier alpha value is -4.44. The Kier molecular flexibility index (Phi) is 5.57. The molecule has 1 aliphatic heterocycles. The molecule has 0 bridgehead atoms. The van der Waals surface area contributed by atoms with E-state index in [-0.39, 0.29) is 23.0 Å². The van der Waals surface area contributed by atoms with Crippen LogP contribution in [0, 0.1) is 11.2 Å². The van der Waals surface area contributed by atoms with Gasteiger partial charge >= 0.3 is 6.16 Å². The molecule has 2 aliphatic carbocycles. The third kappa shape index (κ3) is 3.66. The number of hydrogen-bond acceptors (Lipinski definition) is 8. The van der Waals surface area contributed by atoms with E-state index in [9.17, 15) is 18.8 Å². The normalized spacial score (nSPS) is 17.7. The summed E-state index contributed by atoms with van der Waals surface area (Å²) in [6.07, 6.45) is 1.94. The summed E-state index contributed by atoms with van der Waals surface area (Å²) in [6.45, 7) is -0.183. The molecule has 0 amide bonds. The fourth-order valence-electron chi connectivity index (χ4n) is 5.89. The Morgan fingerprint density at radius 1 is 1.05 bits per heavy atom. The van der Waals surface area contributed by atoms with Gasteiger partial charge in [0.15, 0.2) is 17.2 Å². The van der Waals surface area contributed by atoms with Crippen LogP contribution in [0.4, 0.5) is 9.18 Å². The smallest absolute Gasteiger partial charge is 0.451 e. The molecule has 0 radical (unpaired) electrons. The second-order valence-corrected chi connectivity index (χ2v) is 11.1. The van der Waals surface area contributed by atoms with E-state index in [4.69, 9.17) is 9.47 Å². The molecule has 10 heteroatoms. The van der Waals surface area contributed by atoms with Crippen LogP contribution in [0.2, 0.25) is 0 Å². The lowest BCUT2D eigenvalue weighted by Gasteiger charge is -2.43. The maximum atomic E-state index is 14.7. The number of ketones is 1. The minimum atomic E-state index is -0.970. The number of halogens is 1. The zero-order valence-corrected chi connectivity index (χ0v) is 22.2. The van der Waals surface area contributed by atoms with Crippen molar-refractivity contribution in [1.29, 1.82) is 0 Å². The molecule has 0 saturated heterocycles. The van der Waals surface area contributed by atoms with Crippen molar-refractivity contribution in [3.63, 3.8) is 0 Å². The number of carbonyl (C=O) groups is 2. The van der Waals surface area contributed by atoms with Crippen LogP contribution >= 0.6 is 11.3 Å². The van der Waals surface area contributed by atoms with Crippen molar-refractivity contribution in [1.82, 2.24) is 4.68 Å². The lowest BCUT2D eigenvalue weighted by molar-refractivity contribution is 0.0137. The van der Waals surface area contributed by atoms with Gasteiger partial charge in [0.1, 0.15) is 5.82 Å². The molecule has 2 aromatic carbocycles. The number of nitrogens with zero attached hydrogens (tertiary/aromatic N) is 2. The minimum absolute atomic E-state index is 0.102. The zero-order valence-electron chi connectivity index (χ0n) is 21.4. The first-order valence-corrected chi connectivity index (χ1v) is 13.7. The number of ether oxygens (including phenoxy) is 3. The summed E-state index contributed by atoms with van der Waals surface area (Å²) in [7, 11) is 1.16. The average molecular weight is 559 g/mol. The van der Waals surface area contributed by atoms with Gasteiger partial charge < -0.3 is 14.2 Å². The van der Waals surface area contributed by atoms with Crippen molar-refractivity contribution in [2.75, 3.05) is 25.5 Å². The quantitative estimate of drug-likeness (QED) is 0.241. The van der Waals surface area contributed by atoms with Gasteiger partial charge in [-0.25, -0.2) is 9.18 Å². The van der Waals surface area contributed by atoms with Crippen LogP contribution < -0.4 is 15.2 Å². The summed E-state index contributed by atoms with van der Waals surface area (Å²) < 4.78 is 31.3. The molecule has 4 aromatic rings. The van der Waals surface area contributed by atoms with E-state index >= 15 is 0 Å². The SMILES string of the molecule is COC(=O)OCOc1c2n(ccc1=O)N(C1c3ccc(F)cc3-c3ccsc3-c3ccccc31)CC1(CC1)C2=O. The highest BCUT2D eigenvalue weighted by molar-refractivity contribution is 7.14. The first-order chi connectivity index (χ1) is 19.4. The van der Waals surface area contributed by atoms with Crippen LogP contribution in [0.5, 0.6) is 5.75 Å². The van der Waals surface area contributed by atoms with Gasteiger partial charge in [0.05, 0.1) is 18.6 Å². The molecule has 1 saturated carbocycles. The number of benzene rings is 2. The number of aromatic nitrogens is 1. The van der Waals surface area contributed by atoms with Gasteiger partial charge in [-0.15, -0.1) is 11.3 Å². The summed E-state index contributed by atoms with van der Waals surface area (Å²) in [4.78, 5) is 39.3. The average Bonchev–Trinajstić information content (AvgIpc) is 3.60. The van der Waals surface area contributed by atoms with Crippen molar-refractivity contribution in [2.45, 2.75) is 18.9 Å². The fourth-order valence-corrected chi connectivity index (χ4v) is 6.85. The van der Waals surface area contributed by atoms with Crippen LogP contribution in [0.15, 0.2) is 71.0 Å². The Morgan fingerprint density at radius 2 is 1.85 bits per heavy atom. The zero-order chi connectivity index (χ0) is 27.6. The fraction of sp³-hybridized carbons (Fsp3) is 0.233. The highest BCUT2D eigenvalue weighted by Gasteiger charge is 2.57. The van der Waals surface area contributed by atoms with Crippen molar-refractivity contribution < 1.29 is 28.2 Å². The van der Waals surface area contributed by atoms with Crippen molar-refractivity contribution in [3.05, 3.63) is 99.0 Å². The van der Waals surface area contributed by atoms with Crippen molar-refractivity contribution in [3.8, 4) is 27.3 Å². The Bertz CT molecular complexity index is 1760. The standard InChI is InChI=1S/C30H23FN2O6S/c1-37-29(36)39-16-38-26-23(34)8-12-32-25(26)28(35)30(10-11-30)15-33(32)24-18-4-2-3-5-20(18)27-21(9-13-40-27)22-14-17(31)6-7-19(22)24/h2-9,12-14,24H,10-11,15-16H2,1H3. The van der Waals surface area contributed by atoms with Crippen molar-refractivity contribution >= 4 is 23.3 Å². The number of methoxy groups -OCH3 is 1. The van der Waals surface area contributed by atoms with Crippen LogP contribution in [0.3, 0.4) is 0 Å². The van der Waals surface area contributed by atoms with Gasteiger partial charge in [-0.3, -0.25) is 19.3 Å². The Balaban J connectivity index is 1.44. The predicted octanol–water partition coefficient (Wildman–Crippen LogP) is 5.52. The molecule has 1 spiro atoms. The monoisotopic (exact) mass is 558 g/mol. The lowest BCUT2D eigenvalue weighted by atomic mass is 9.89. The second-order valence-electron chi connectivity index (χ2n) is 10.2. The number of Topliss-reactive ketones (excluding diaryl/α,β-unsaturated/α-hetero) is 1. The van der Waals surface area contributed by atoms with E-state index in [1.165, 1.54) is 12.1 Å². The van der Waals surface area contributed by atoms with Gasteiger partial charge in [-0.05, 0) is 58.7 Å². The Morgan fingerprint density at radius 3 is 2.65 bits per heavy atom. The van der Waals surface area contributed by atoms with Gasteiger partial charge in [0.2, 0.25) is 12.2 Å². The highest BCUT2D eigenvalue weighted by Crippen LogP contribution is 2.55. The van der Waals surface area contributed by atoms with Crippen molar-refractivity contribution in [2.24, 2.45) is 5.41 Å². The Labute approximate surface area is 232 Å². The molecule has 202 valence electrons. The van der Waals surface area contributed by atoms with E-state index < -0.39 is 29.8 Å². The van der Waals surface area contributed by atoms with E-state index in [0.717, 1.165) is 39.8 Å². The summed E-state index contributed by atoms with van der Waals surface area (Å²) in [5, 5.41) is 4.08. The highest BCUT2D eigenvalue weighted by atomic mass is 32.1. The topological polar surface area (TPSA) is 87.1 Å². The molecule has 0 N–H and O–H groups in total. The van der Waals surface area contributed by atoms with Crippen LogP contribution in [0.25, 0.3) is 21.6 Å². The third-order valence-electron chi connectivity index (χ3n) is 7.94. The third-order valence-corrected chi connectivity index (χ3v) is 8.88. The van der Waals surface area contributed by atoms with E-state index in [2.05, 4.69) is 21.9 Å². The molecule has 3 aliphatic rings. The van der Waals surface area contributed by atoms with Crippen LogP contribution in [-0.2, 0) is 9.47 Å². The van der Waals surface area contributed by atoms with E-state index in [1.54, 1.807) is 34.3 Å². The predicted molar refractivity (Wildman–Crippen MR) is 146 cm³/mol. The molecule has 1 fully saturated rings. The maximum Gasteiger partial charge on any atom is 0.510 e. The first-order valence-electron chi connectivity index (χ1n) is 12.8. The van der Waals surface area contributed by atoms with Gasteiger partial charge in [0, 0.05) is 29.2 Å². The number of rotatable bonds is 4. The van der Waals surface area contributed by atoms with Crippen LogP contribution in [-0.4, -0.2) is 37.1 Å². The summed E-state index contributed by atoms with van der Waals surface area (Å²) in [5.41, 5.74) is 3.57. The minimum Gasteiger partial charge on any atom is -0.451 e. The maximum absolute atomic E-state index is 14.7. The van der Waals surface area contributed by atoms with Gasteiger partial charge in [0.25, 0.3) is 0 Å². The van der Waals surface area contributed by atoms with Gasteiger partial charge in [-0.1, -0.05) is 30.3 Å². The van der Waals surface area contributed by atoms with E-state index in [1.807, 2.05) is 23.6 Å².